The molecule has 2 atom stereocenters. The molecule has 0 spiro atoms. The standard InChI is InChI=1S/C13H22O2/c1-4-7-10-9-12(11(10)8-5-2)13(14)15-6-3/h9-11H,4-8H2,1-3H3. The van der Waals surface area contributed by atoms with Gasteiger partial charge in [-0.15, -0.1) is 0 Å². The van der Waals surface area contributed by atoms with Crippen LogP contribution in [0.3, 0.4) is 0 Å². The zero-order valence-corrected chi connectivity index (χ0v) is 10.1. The second-order valence-electron chi connectivity index (χ2n) is 4.19. The van der Waals surface area contributed by atoms with E-state index in [9.17, 15) is 4.79 Å². The van der Waals surface area contributed by atoms with E-state index >= 15 is 0 Å². The van der Waals surface area contributed by atoms with E-state index in [0.717, 1.165) is 18.4 Å². The highest BCUT2D eigenvalue weighted by Gasteiger charge is 2.35. The first-order valence-electron chi connectivity index (χ1n) is 6.13. The van der Waals surface area contributed by atoms with E-state index in [1.54, 1.807) is 0 Å². The fourth-order valence-corrected chi connectivity index (χ4v) is 2.31. The Balaban J connectivity index is 2.56. The molecule has 0 saturated heterocycles. The van der Waals surface area contributed by atoms with Crippen molar-refractivity contribution in [2.45, 2.75) is 46.5 Å². The largest absolute Gasteiger partial charge is 0.463 e. The van der Waals surface area contributed by atoms with Gasteiger partial charge in [0.15, 0.2) is 0 Å². The Morgan fingerprint density at radius 2 is 1.93 bits per heavy atom. The van der Waals surface area contributed by atoms with Crippen LogP contribution in [0.15, 0.2) is 11.6 Å². The van der Waals surface area contributed by atoms with E-state index in [2.05, 4.69) is 19.9 Å². The van der Waals surface area contributed by atoms with Crippen LogP contribution < -0.4 is 0 Å². The summed E-state index contributed by atoms with van der Waals surface area (Å²) >= 11 is 0. The summed E-state index contributed by atoms with van der Waals surface area (Å²) in [6.07, 6.45) is 6.77. The Bertz CT molecular complexity index is 243. The summed E-state index contributed by atoms with van der Waals surface area (Å²) in [7, 11) is 0. The van der Waals surface area contributed by atoms with Gasteiger partial charge in [0, 0.05) is 5.57 Å². The average molecular weight is 210 g/mol. The number of carbonyl (C=O) groups is 1. The molecular weight excluding hydrogens is 188 g/mol. The van der Waals surface area contributed by atoms with Crippen molar-refractivity contribution in [2.24, 2.45) is 11.8 Å². The van der Waals surface area contributed by atoms with E-state index in [1.807, 2.05) is 6.92 Å². The van der Waals surface area contributed by atoms with Gasteiger partial charge >= 0.3 is 5.97 Å². The normalized spacial score (nSPS) is 24.3. The van der Waals surface area contributed by atoms with Gasteiger partial charge in [-0.2, -0.15) is 0 Å². The molecule has 0 heterocycles. The van der Waals surface area contributed by atoms with Crippen molar-refractivity contribution >= 4 is 5.97 Å². The minimum atomic E-state index is -0.0942. The predicted molar refractivity (Wildman–Crippen MR) is 61.5 cm³/mol. The monoisotopic (exact) mass is 210 g/mol. The topological polar surface area (TPSA) is 26.3 Å². The summed E-state index contributed by atoms with van der Waals surface area (Å²) in [6.45, 7) is 6.70. The number of hydrogen-bond donors (Lipinski definition) is 0. The molecule has 0 radical (unpaired) electrons. The molecule has 0 amide bonds. The molecule has 15 heavy (non-hydrogen) atoms. The number of carbonyl (C=O) groups excluding carboxylic acids is 1. The van der Waals surface area contributed by atoms with Crippen LogP contribution in [0.5, 0.6) is 0 Å². The number of ether oxygens (including phenoxy) is 1. The number of hydrogen-bond acceptors (Lipinski definition) is 2. The molecule has 0 saturated carbocycles. The lowest BCUT2D eigenvalue weighted by Gasteiger charge is -2.34. The number of rotatable bonds is 6. The lowest BCUT2D eigenvalue weighted by molar-refractivity contribution is -0.140. The summed E-state index contributed by atoms with van der Waals surface area (Å²) in [5.41, 5.74) is 0.928. The predicted octanol–water partition coefficient (Wildman–Crippen LogP) is 3.32. The zero-order valence-electron chi connectivity index (χ0n) is 10.1. The SMILES string of the molecule is CCCC1C=C(C(=O)OCC)C1CCC. The lowest BCUT2D eigenvalue weighted by atomic mass is 9.70. The van der Waals surface area contributed by atoms with Gasteiger partial charge in [-0.1, -0.05) is 32.8 Å². The van der Waals surface area contributed by atoms with Crippen molar-refractivity contribution in [3.63, 3.8) is 0 Å². The fraction of sp³-hybridized carbons (Fsp3) is 0.769. The maximum atomic E-state index is 11.6. The molecule has 1 rings (SSSR count). The number of allylic oxidation sites excluding steroid dienone is 1. The van der Waals surface area contributed by atoms with E-state index in [-0.39, 0.29) is 5.97 Å². The quantitative estimate of drug-likeness (QED) is 0.629. The third-order valence-electron chi connectivity index (χ3n) is 3.04. The van der Waals surface area contributed by atoms with Crippen molar-refractivity contribution < 1.29 is 9.53 Å². The van der Waals surface area contributed by atoms with Gasteiger partial charge in [-0.3, -0.25) is 0 Å². The first-order valence-corrected chi connectivity index (χ1v) is 6.13. The van der Waals surface area contributed by atoms with Gasteiger partial charge in [-0.25, -0.2) is 4.79 Å². The molecule has 0 aromatic rings. The Labute approximate surface area is 92.7 Å². The van der Waals surface area contributed by atoms with E-state index in [0.29, 0.717) is 18.4 Å². The molecule has 0 aromatic heterocycles. The third-order valence-corrected chi connectivity index (χ3v) is 3.04. The molecule has 0 N–H and O–H groups in total. The summed E-state index contributed by atoms with van der Waals surface area (Å²) < 4.78 is 5.04. The van der Waals surface area contributed by atoms with Crippen LogP contribution in [-0.2, 0) is 9.53 Å². The van der Waals surface area contributed by atoms with Gasteiger partial charge in [-0.05, 0) is 31.6 Å². The van der Waals surface area contributed by atoms with Crippen molar-refractivity contribution in [3.8, 4) is 0 Å². The molecule has 0 bridgehead atoms. The average Bonchev–Trinajstić information content (AvgIpc) is 2.20. The molecule has 0 aromatic carbocycles. The zero-order chi connectivity index (χ0) is 11.3. The highest BCUT2D eigenvalue weighted by Crippen LogP contribution is 2.40. The molecule has 86 valence electrons. The van der Waals surface area contributed by atoms with Crippen molar-refractivity contribution in [1.82, 2.24) is 0 Å². The molecule has 0 fully saturated rings. The first kappa shape index (κ1) is 12.3. The van der Waals surface area contributed by atoms with E-state index < -0.39 is 0 Å². The van der Waals surface area contributed by atoms with Crippen LogP contribution in [0.2, 0.25) is 0 Å². The van der Waals surface area contributed by atoms with Gasteiger partial charge in [0.05, 0.1) is 6.61 Å². The second-order valence-corrected chi connectivity index (χ2v) is 4.19. The highest BCUT2D eigenvalue weighted by molar-refractivity contribution is 5.90. The van der Waals surface area contributed by atoms with Crippen LogP contribution in [0.4, 0.5) is 0 Å². The summed E-state index contributed by atoms with van der Waals surface area (Å²) in [5.74, 6) is 0.992. The maximum Gasteiger partial charge on any atom is 0.333 e. The highest BCUT2D eigenvalue weighted by atomic mass is 16.5. The molecule has 0 aliphatic heterocycles. The van der Waals surface area contributed by atoms with Crippen LogP contribution in [0.1, 0.15) is 46.5 Å². The Hall–Kier alpha value is -0.790. The van der Waals surface area contributed by atoms with Crippen molar-refractivity contribution in [3.05, 3.63) is 11.6 Å². The molecule has 2 nitrogen and oxygen atoms in total. The van der Waals surface area contributed by atoms with E-state index in [4.69, 9.17) is 4.74 Å². The first-order chi connectivity index (χ1) is 7.24. The minimum absolute atomic E-state index is 0.0942. The second kappa shape index (κ2) is 5.94. The van der Waals surface area contributed by atoms with Gasteiger partial charge in [0.1, 0.15) is 0 Å². The van der Waals surface area contributed by atoms with Crippen LogP contribution in [-0.4, -0.2) is 12.6 Å². The van der Waals surface area contributed by atoms with Crippen molar-refractivity contribution in [2.75, 3.05) is 6.61 Å². The molecular formula is C13H22O2. The van der Waals surface area contributed by atoms with Crippen LogP contribution in [0.25, 0.3) is 0 Å². The molecule has 1 aliphatic carbocycles. The summed E-state index contributed by atoms with van der Waals surface area (Å²) in [4.78, 5) is 11.6. The molecule has 2 unspecified atom stereocenters. The number of esters is 1. The van der Waals surface area contributed by atoms with E-state index in [1.165, 1.54) is 12.8 Å². The molecule has 1 aliphatic rings. The van der Waals surface area contributed by atoms with Crippen LogP contribution >= 0.6 is 0 Å². The minimum Gasteiger partial charge on any atom is -0.463 e. The van der Waals surface area contributed by atoms with Gasteiger partial charge < -0.3 is 4.74 Å². The van der Waals surface area contributed by atoms with Crippen LogP contribution in [0, 0.1) is 11.8 Å². The lowest BCUT2D eigenvalue weighted by Crippen LogP contribution is -2.30. The van der Waals surface area contributed by atoms with Gasteiger partial charge in [0.25, 0.3) is 0 Å². The molecule has 2 heteroatoms. The smallest absolute Gasteiger partial charge is 0.333 e. The Morgan fingerprint density at radius 1 is 1.27 bits per heavy atom. The summed E-state index contributed by atoms with van der Waals surface area (Å²) in [5, 5.41) is 0. The van der Waals surface area contributed by atoms with Gasteiger partial charge in [0.2, 0.25) is 0 Å². The fourth-order valence-electron chi connectivity index (χ4n) is 2.31. The Kier molecular flexibility index (Phi) is 4.86. The third kappa shape index (κ3) is 2.83. The summed E-state index contributed by atoms with van der Waals surface area (Å²) in [6, 6.07) is 0. The maximum absolute atomic E-state index is 11.6. The Morgan fingerprint density at radius 3 is 2.47 bits per heavy atom. The van der Waals surface area contributed by atoms with Crippen molar-refractivity contribution in [1.29, 1.82) is 0 Å².